The van der Waals surface area contributed by atoms with Gasteiger partial charge in [-0.15, -0.1) is 0 Å². The highest BCUT2D eigenvalue weighted by Gasteiger charge is 2.29. The fourth-order valence-electron chi connectivity index (χ4n) is 3.96. The molecule has 2 atom stereocenters. The molecule has 2 unspecified atom stereocenters. The molecule has 2 aromatic rings. The van der Waals surface area contributed by atoms with Crippen molar-refractivity contribution in [3.8, 4) is 5.75 Å². The van der Waals surface area contributed by atoms with Crippen LogP contribution in [0.4, 0.5) is 5.69 Å². The lowest BCUT2D eigenvalue weighted by Gasteiger charge is -2.35. The Morgan fingerprint density at radius 2 is 2.00 bits per heavy atom. The second-order valence-corrected chi connectivity index (χ2v) is 7.37. The Morgan fingerprint density at radius 3 is 2.82 bits per heavy atom. The van der Waals surface area contributed by atoms with Crippen molar-refractivity contribution in [2.75, 3.05) is 18.4 Å². The van der Waals surface area contributed by atoms with Crippen LogP contribution in [0.25, 0.3) is 0 Å². The predicted octanol–water partition coefficient (Wildman–Crippen LogP) is 2.58. The van der Waals surface area contributed by atoms with Gasteiger partial charge in [-0.2, -0.15) is 0 Å². The topological polar surface area (TPSA) is 84.7 Å². The fourth-order valence-corrected chi connectivity index (χ4v) is 3.96. The molecule has 0 aromatic heterocycles. The van der Waals surface area contributed by atoms with Gasteiger partial charge in [0.1, 0.15) is 5.75 Å². The number of anilines is 1. The molecule has 4 rings (SSSR count). The highest BCUT2D eigenvalue weighted by atomic mass is 16.5. The number of nitrogens with one attached hydrogen (secondary N) is 1. The number of piperidine rings is 1. The molecule has 6 heteroatoms. The van der Waals surface area contributed by atoms with Gasteiger partial charge in [0.25, 0.3) is 11.8 Å². The van der Waals surface area contributed by atoms with Crippen molar-refractivity contribution in [1.29, 1.82) is 0 Å². The van der Waals surface area contributed by atoms with Gasteiger partial charge in [-0.1, -0.05) is 24.3 Å². The summed E-state index contributed by atoms with van der Waals surface area (Å²) < 4.78 is 5.74. The lowest BCUT2D eigenvalue weighted by atomic mass is 10.0. The number of fused-ring (bicyclic) bond motifs is 1. The third kappa shape index (κ3) is 3.73. The lowest BCUT2D eigenvalue weighted by Crippen LogP contribution is -2.47. The van der Waals surface area contributed by atoms with E-state index < -0.39 is 6.10 Å². The van der Waals surface area contributed by atoms with Crippen LogP contribution in [-0.2, 0) is 11.2 Å². The molecule has 6 nitrogen and oxygen atoms in total. The average molecular weight is 379 g/mol. The summed E-state index contributed by atoms with van der Waals surface area (Å²) in [5.41, 5.74) is 8.04. The number of ether oxygens (including phenoxy) is 1. The van der Waals surface area contributed by atoms with Gasteiger partial charge >= 0.3 is 0 Å². The SMILES string of the molecule is NCC1CCCCN1C(=O)c1cccc(NC(=O)C2Cc3ccccc3O2)c1. The summed E-state index contributed by atoms with van der Waals surface area (Å²) in [6, 6.07) is 14.8. The molecule has 2 amide bonds. The van der Waals surface area contributed by atoms with Crippen LogP contribution in [0, 0.1) is 0 Å². The van der Waals surface area contributed by atoms with Crippen molar-refractivity contribution < 1.29 is 14.3 Å². The first-order valence-electron chi connectivity index (χ1n) is 9.82. The normalized spacial score (nSPS) is 21.0. The van der Waals surface area contributed by atoms with E-state index in [9.17, 15) is 9.59 Å². The average Bonchev–Trinajstić information content (AvgIpc) is 3.18. The molecule has 2 aromatic carbocycles. The van der Waals surface area contributed by atoms with Crippen LogP contribution in [0.3, 0.4) is 0 Å². The number of rotatable bonds is 4. The number of amides is 2. The maximum atomic E-state index is 12.9. The van der Waals surface area contributed by atoms with Crippen molar-refractivity contribution in [3.63, 3.8) is 0 Å². The molecule has 0 spiro atoms. The highest BCUT2D eigenvalue weighted by molar-refractivity contribution is 5.98. The van der Waals surface area contributed by atoms with E-state index in [-0.39, 0.29) is 17.9 Å². The van der Waals surface area contributed by atoms with Crippen LogP contribution in [0.2, 0.25) is 0 Å². The van der Waals surface area contributed by atoms with E-state index in [0.29, 0.717) is 24.2 Å². The molecular weight excluding hydrogens is 354 g/mol. The number of carbonyl (C=O) groups excluding carboxylic acids is 2. The Hall–Kier alpha value is -2.86. The summed E-state index contributed by atoms with van der Waals surface area (Å²) in [5, 5.41) is 2.88. The smallest absolute Gasteiger partial charge is 0.265 e. The first-order valence-corrected chi connectivity index (χ1v) is 9.82. The molecule has 0 aliphatic carbocycles. The van der Waals surface area contributed by atoms with Crippen LogP contribution in [0.1, 0.15) is 35.2 Å². The molecule has 2 aliphatic rings. The summed E-state index contributed by atoms with van der Waals surface area (Å²) in [6.45, 7) is 1.20. The number of carbonyl (C=O) groups is 2. The maximum Gasteiger partial charge on any atom is 0.265 e. The van der Waals surface area contributed by atoms with Crippen LogP contribution in [0.5, 0.6) is 5.75 Å². The molecule has 0 saturated carbocycles. The molecule has 0 radical (unpaired) electrons. The molecule has 1 fully saturated rings. The van der Waals surface area contributed by atoms with E-state index in [1.54, 1.807) is 24.3 Å². The number of nitrogens with two attached hydrogens (primary N) is 1. The Balaban J connectivity index is 1.44. The summed E-state index contributed by atoms with van der Waals surface area (Å²) in [6.07, 6.45) is 3.04. The van der Waals surface area contributed by atoms with Gasteiger partial charge in [0.15, 0.2) is 6.10 Å². The Labute approximate surface area is 164 Å². The summed E-state index contributed by atoms with van der Waals surface area (Å²) in [7, 11) is 0. The molecule has 3 N–H and O–H groups in total. The molecule has 2 heterocycles. The molecule has 1 saturated heterocycles. The standard InChI is InChI=1S/C22H25N3O3/c23-14-18-9-3-4-11-25(18)22(27)16-7-5-8-17(12-16)24-21(26)20-13-15-6-1-2-10-19(15)28-20/h1-2,5-8,10,12,18,20H,3-4,9,11,13-14,23H2,(H,24,26). The van der Waals surface area contributed by atoms with Gasteiger partial charge in [0, 0.05) is 36.8 Å². The van der Waals surface area contributed by atoms with Gasteiger partial charge in [0.2, 0.25) is 0 Å². The van der Waals surface area contributed by atoms with E-state index in [1.807, 2.05) is 29.2 Å². The minimum atomic E-state index is -0.555. The second-order valence-electron chi connectivity index (χ2n) is 7.37. The Morgan fingerprint density at radius 1 is 1.14 bits per heavy atom. The van der Waals surface area contributed by atoms with E-state index >= 15 is 0 Å². The molecule has 2 aliphatic heterocycles. The quantitative estimate of drug-likeness (QED) is 0.855. The van der Waals surface area contributed by atoms with E-state index in [2.05, 4.69) is 5.32 Å². The number of likely N-dealkylation sites (tertiary alicyclic amines) is 1. The minimum absolute atomic E-state index is 0.0317. The lowest BCUT2D eigenvalue weighted by molar-refractivity contribution is -0.122. The summed E-state index contributed by atoms with van der Waals surface area (Å²) in [4.78, 5) is 27.4. The van der Waals surface area contributed by atoms with Crippen molar-refractivity contribution in [1.82, 2.24) is 4.90 Å². The molecule has 146 valence electrons. The third-order valence-electron chi connectivity index (χ3n) is 5.48. The first kappa shape index (κ1) is 18.5. The van der Waals surface area contributed by atoms with Crippen molar-refractivity contribution in [2.45, 2.75) is 37.8 Å². The van der Waals surface area contributed by atoms with Crippen molar-refractivity contribution in [2.24, 2.45) is 5.73 Å². The number of hydrogen-bond acceptors (Lipinski definition) is 4. The number of benzene rings is 2. The van der Waals surface area contributed by atoms with E-state index in [4.69, 9.17) is 10.5 Å². The summed E-state index contributed by atoms with van der Waals surface area (Å²) in [5.74, 6) is 0.513. The Kier molecular flexibility index (Phi) is 5.30. The second kappa shape index (κ2) is 8.02. The van der Waals surface area contributed by atoms with Crippen LogP contribution in [-0.4, -0.2) is 41.9 Å². The number of hydrogen-bond donors (Lipinski definition) is 2. The molecule has 28 heavy (non-hydrogen) atoms. The zero-order valence-electron chi connectivity index (χ0n) is 15.8. The highest BCUT2D eigenvalue weighted by Crippen LogP contribution is 2.29. The summed E-state index contributed by atoms with van der Waals surface area (Å²) >= 11 is 0. The van der Waals surface area contributed by atoms with Gasteiger partial charge in [-0.25, -0.2) is 0 Å². The maximum absolute atomic E-state index is 12.9. The zero-order valence-corrected chi connectivity index (χ0v) is 15.8. The van der Waals surface area contributed by atoms with Gasteiger partial charge < -0.3 is 20.7 Å². The monoisotopic (exact) mass is 379 g/mol. The predicted molar refractivity (Wildman–Crippen MR) is 107 cm³/mol. The van der Waals surface area contributed by atoms with Crippen LogP contribution >= 0.6 is 0 Å². The van der Waals surface area contributed by atoms with E-state index in [0.717, 1.165) is 37.1 Å². The van der Waals surface area contributed by atoms with Crippen molar-refractivity contribution in [3.05, 3.63) is 59.7 Å². The fraction of sp³-hybridized carbons (Fsp3) is 0.364. The Bertz CT molecular complexity index is 858. The molecular formula is C22H25N3O3. The van der Waals surface area contributed by atoms with Gasteiger partial charge in [-0.05, 0) is 49.1 Å². The first-order chi connectivity index (χ1) is 13.7. The van der Waals surface area contributed by atoms with Crippen molar-refractivity contribution >= 4 is 17.5 Å². The van der Waals surface area contributed by atoms with Crippen LogP contribution in [0.15, 0.2) is 48.5 Å². The third-order valence-corrected chi connectivity index (χ3v) is 5.48. The van der Waals surface area contributed by atoms with Gasteiger partial charge in [-0.3, -0.25) is 9.59 Å². The number of nitrogens with zero attached hydrogens (tertiary/aromatic N) is 1. The molecule has 0 bridgehead atoms. The van der Waals surface area contributed by atoms with Gasteiger partial charge in [0.05, 0.1) is 0 Å². The minimum Gasteiger partial charge on any atom is -0.480 e. The van der Waals surface area contributed by atoms with E-state index in [1.165, 1.54) is 0 Å². The largest absolute Gasteiger partial charge is 0.480 e. The number of para-hydroxylation sites is 1. The van der Waals surface area contributed by atoms with Crippen LogP contribution < -0.4 is 15.8 Å². The zero-order chi connectivity index (χ0) is 19.5.